The number of nitrogens with one attached hydrogen (secondary N) is 2. The molecule has 0 atom stereocenters. The number of anilines is 1. The number of para-hydroxylation sites is 1. The van der Waals surface area contributed by atoms with E-state index in [2.05, 4.69) is 10.6 Å². The van der Waals surface area contributed by atoms with Crippen LogP contribution < -0.4 is 24.8 Å². The standard InChI is InChI=1S/C22H24N2O5/c1-14(2)23-22(26)16-6-4-5-7-17(16)24-20(25)9-8-15-12-18(27-3)21-19(13-15)28-10-11-29-21/h4-9,12-14H,10-11H2,1-3H3,(H,23,26)(H,24,25)/b9-8+. The van der Waals surface area contributed by atoms with E-state index in [4.69, 9.17) is 14.2 Å². The van der Waals surface area contributed by atoms with E-state index in [-0.39, 0.29) is 17.9 Å². The number of benzene rings is 2. The Kier molecular flexibility index (Phi) is 6.39. The van der Waals surface area contributed by atoms with Crippen molar-refractivity contribution in [2.75, 3.05) is 25.6 Å². The minimum Gasteiger partial charge on any atom is -0.493 e. The fourth-order valence-electron chi connectivity index (χ4n) is 2.87. The first-order valence-electron chi connectivity index (χ1n) is 9.34. The van der Waals surface area contributed by atoms with Crippen LogP contribution in [0.1, 0.15) is 29.8 Å². The maximum atomic E-state index is 12.4. The van der Waals surface area contributed by atoms with Gasteiger partial charge in [-0.1, -0.05) is 12.1 Å². The summed E-state index contributed by atoms with van der Waals surface area (Å²) >= 11 is 0. The van der Waals surface area contributed by atoms with Gasteiger partial charge in [-0.05, 0) is 49.8 Å². The molecule has 1 aliphatic rings. The van der Waals surface area contributed by atoms with Crippen molar-refractivity contribution in [2.45, 2.75) is 19.9 Å². The summed E-state index contributed by atoms with van der Waals surface area (Å²) in [5.41, 5.74) is 1.58. The van der Waals surface area contributed by atoms with Gasteiger partial charge in [0.05, 0.1) is 18.4 Å². The number of hydrogen-bond acceptors (Lipinski definition) is 5. The number of carbonyl (C=O) groups is 2. The molecule has 29 heavy (non-hydrogen) atoms. The summed E-state index contributed by atoms with van der Waals surface area (Å²) in [4.78, 5) is 24.7. The van der Waals surface area contributed by atoms with Crippen molar-refractivity contribution in [3.63, 3.8) is 0 Å². The third-order valence-electron chi connectivity index (χ3n) is 4.13. The van der Waals surface area contributed by atoms with Crippen molar-refractivity contribution in [1.29, 1.82) is 0 Å². The Balaban J connectivity index is 1.75. The molecule has 2 aromatic carbocycles. The summed E-state index contributed by atoms with van der Waals surface area (Å²) in [6.45, 7) is 4.68. The van der Waals surface area contributed by atoms with Crippen LogP contribution in [-0.4, -0.2) is 38.2 Å². The number of carbonyl (C=O) groups excluding carboxylic acids is 2. The smallest absolute Gasteiger partial charge is 0.253 e. The summed E-state index contributed by atoms with van der Waals surface area (Å²) < 4.78 is 16.5. The van der Waals surface area contributed by atoms with Crippen LogP contribution in [-0.2, 0) is 4.79 Å². The van der Waals surface area contributed by atoms with Gasteiger partial charge in [-0.25, -0.2) is 0 Å². The van der Waals surface area contributed by atoms with Gasteiger partial charge in [0.1, 0.15) is 13.2 Å². The Bertz CT molecular complexity index is 920. The molecule has 0 saturated heterocycles. The van der Waals surface area contributed by atoms with Crippen LogP contribution in [0.3, 0.4) is 0 Å². The van der Waals surface area contributed by atoms with Crippen LogP contribution in [0.25, 0.3) is 6.08 Å². The average molecular weight is 396 g/mol. The molecule has 2 N–H and O–H groups in total. The van der Waals surface area contributed by atoms with E-state index in [0.29, 0.717) is 41.7 Å². The summed E-state index contributed by atoms with van der Waals surface area (Å²) in [7, 11) is 1.55. The third kappa shape index (κ3) is 5.07. The first-order valence-corrected chi connectivity index (χ1v) is 9.34. The zero-order valence-corrected chi connectivity index (χ0v) is 16.7. The normalized spacial score (nSPS) is 12.7. The monoisotopic (exact) mass is 396 g/mol. The van der Waals surface area contributed by atoms with Crippen LogP contribution >= 0.6 is 0 Å². The highest BCUT2D eigenvalue weighted by Crippen LogP contribution is 2.40. The SMILES string of the molecule is COc1cc(/C=C/C(=O)Nc2ccccc2C(=O)NC(C)C)cc2c1OCCO2. The van der Waals surface area contributed by atoms with E-state index in [1.54, 1.807) is 49.6 Å². The number of ether oxygens (including phenoxy) is 3. The van der Waals surface area contributed by atoms with Crippen LogP contribution in [0.15, 0.2) is 42.5 Å². The van der Waals surface area contributed by atoms with Crippen LogP contribution in [0.4, 0.5) is 5.69 Å². The lowest BCUT2D eigenvalue weighted by molar-refractivity contribution is -0.111. The highest BCUT2D eigenvalue weighted by Gasteiger charge is 2.18. The molecule has 0 radical (unpaired) electrons. The minimum atomic E-state index is -0.358. The van der Waals surface area contributed by atoms with Crippen molar-refractivity contribution in [3.05, 3.63) is 53.6 Å². The summed E-state index contributed by atoms with van der Waals surface area (Å²) in [6, 6.07) is 10.4. The molecule has 7 heteroatoms. The van der Waals surface area contributed by atoms with Gasteiger partial charge >= 0.3 is 0 Å². The van der Waals surface area contributed by atoms with E-state index in [1.165, 1.54) is 6.08 Å². The number of hydrogen-bond donors (Lipinski definition) is 2. The van der Waals surface area contributed by atoms with Gasteiger partial charge in [-0.3, -0.25) is 9.59 Å². The number of fused-ring (bicyclic) bond motifs is 1. The van der Waals surface area contributed by atoms with Crippen molar-refractivity contribution in [3.8, 4) is 17.2 Å². The second-order valence-electron chi connectivity index (χ2n) is 6.74. The molecular formula is C22H24N2O5. The van der Waals surface area contributed by atoms with Gasteiger partial charge in [-0.15, -0.1) is 0 Å². The Morgan fingerprint density at radius 2 is 1.90 bits per heavy atom. The summed E-state index contributed by atoms with van der Waals surface area (Å²) in [5, 5.41) is 5.58. The fraction of sp³-hybridized carbons (Fsp3) is 0.273. The largest absolute Gasteiger partial charge is 0.493 e. The number of rotatable bonds is 6. The van der Waals surface area contributed by atoms with Gasteiger partial charge in [0.25, 0.3) is 5.91 Å². The lowest BCUT2D eigenvalue weighted by Gasteiger charge is -2.20. The van der Waals surface area contributed by atoms with Crippen molar-refractivity contribution >= 4 is 23.6 Å². The molecule has 0 unspecified atom stereocenters. The van der Waals surface area contributed by atoms with Gasteiger partial charge in [0, 0.05) is 12.1 Å². The number of amides is 2. The van der Waals surface area contributed by atoms with Crippen molar-refractivity contribution < 1.29 is 23.8 Å². The molecular weight excluding hydrogens is 372 g/mol. The van der Waals surface area contributed by atoms with Gasteiger partial charge in [0.15, 0.2) is 11.5 Å². The summed E-state index contributed by atoms with van der Waals surface area (Å²) in [6.07, 6.45) is 3.04. The van der Waals surface area contributed by atoms with E-state index in [1.807, 2.05) is 13.8 Å². The lowest BCUT2D eigenvalue weighted by Crippen LogP contribution is -2.30. The quantitative estimate of drug-likeness (QED) is 0.732. The van der Waals surface area contributed by atoms with Crippen molar-refractivity contribution in [2.24, 2.45) is 0 Å². The molecule has 0 bridgehead atoms. The first kappa shape index (κ1) is 20.3. The zero-order valence-electron chi connectivity index (χ0n) is 16.7. The maximum Gasteiger partial charge on any atom is 0.253 e. The molecule has 0 saturated carbocycles. The molecule has 1 heterocycles. The lowest BCUT2D eigenvalue weighted by atomic mass is 10.1. The van der Waals surface area contributed by atoms with E-state index < -0.39 is 0 Å². The molecule has 152 valence electrons. The Hall–Kier alpha value is -3.48. The fourth-order valence-corrected chi connectivity index (χ4v) is 2.87. The van der Waals surface area contributed by atoms with E-state index in [9.17, 15) is 9.59 Å². The highest BCUT2D eigenvalue weighted by molar-refractivity contribution is 6.07. The van der Waals surface area contributed by atoms with Crippen molar-refractivity contribution in [1.82, 2.24) is 5.32 Å². The Morgan fingerprint density at radius 3 is 2.66 bits per heavy atom. The first-order chi connectivity index (χ1) is 14.0. The topological polar surface area (TPSA) is 85.9 Å². The predicted octanol–water partition coefficient (Wildman–Crippen LogP) is 3.26. The van der Waals surface area contributed by atoms with Gasteiger partial charge in [0.2, 0.25) is 11.7 Å². The zero-order chi connectivity index (χ0) is 20.8. The molecule has 1 aliphatic heterocycles. The molecule has 3 rings (SSSR count). The predicted molar refractivity (Wildman–Crippen MR) is 111 cm³/mol. The van der Waals surface area contributed by atoms with E-state index in [0.717, 1.165) is 5.56 Å². The minimum absolute atomic E-state index is 0.00339. The molecule has 0 aliphatic carbocycles. The molecule has 2 amide bonds. The second-order valence-corrected chi connectivity index (χ2v) is 6.74. The second kappa shape index (κ2) is 9.14. The summed E-state index contributed by atoms with van der Waals surface area (Å²) in [5.74, 6) is 1.08. The maximum absolute atomic E-state index is 12.4. The Morgan fingerprint density at radius 1 is 1.14 bits per heavy atom. The molecule has 2 aromatic rings. The molecule has 0 aromatic heterocycles. The molecule has 0 fully saturated rings. The molecule has 7 nitrogen and oxygen atoms in total. The third-order valence-corrected chi connectivity index (χ3v) is 4.13. The highest BCUT2D eigenvalue weighted by atomic mass is 16.6. The Labute approximate surface area is 169 Å². The van der Waals surface area contributed by atoms with Crippen LogP contribution in [0.5, 0.6) is 17.2 Å². The van der Waals surface area contributed by atoms with Crippen LogP contribution in [0, 0.1) is 0 Å². The average Bonchev–Trinajstić information content (AvgIpc) is 2.71. The van der Waals surface area contributed by atoms with Gasteiger partial charge in [-0.2, -0.15) is 0 Å². The molecule has 0 spiro atoms. The van der Waals surface area contributed by atoms with Gasteiger partial charge < -0.3 is 24.8 Å². The number of methoxy groups -OCH3 is 1. The van der Waals surface area contributed by atoms with Crippen LogP contribution in [0.2, 0.25) is 0 Å². The van der Waals surface area contributed by atoms with E-state index >= 15 is 0 Å².